The van der Waals surface area contributed by atoms with E-state index in [4.69, 9.17) is 0 Å². The highest BCUT2D eigenvalue weighted by atomic mass is 79.9. The summed E-state index contributed by atoms with van der Waals surface area (Å²) in [6.45, 7) is 2.37. The molecule has 1 N–H and O–H groups in total. The molecule has 1 atom stereocenters. The second-order valence-corrected chi connectivity index (χ2v) is 5.16. The number of hydrogen-bond donors (Lipinski definition) is 1. The highest BCUT2D eigenvalue weighted by Gasteiger charge is 2.07. The zero-order valence-corrected chi connectivity index (χ0v) is 10.5. The van der Waals surface area contributed by atoms with Crippen molar-refractivity contribution in [3.8, 4) is 0 Å². The van der Waals surface area contributed by atoms with E-state index < -0.39 is 6.10 Å². The van der Waals surface area contributed by atoms with Gasteiger partial charge in [0.2, 0.25) is 0 Å². The molecule has 0 fully saturated rings. The van der Waals surface area contributed by atoms with Crippen molar-refractivity contribution in [1.82, 2.24) is 15.0 Å². The van der Waals surface area contributed by atoms with Crippen molar-refractivity contribution in [3.63, 3.8) is 0 Å². The first-order chi connectivity index (χ1) is 7.15. The summed E-state index contributed by atoms with van der Waals surface area (Å²) in [5.41, 5.74) is 0.602. The third kappa shape index (κ3) is 2.64. The first-order valence-electron chi connectivity index (χ1n) is 4.46. The van der Waals surface area contributed by atoms with Gasteiger partial charge in [0.25, 0.3) is 0 Å². The fourth-order valence-corrected chi connectivity index (χ4v) is 2.62. The van der Waals surface area contributed by atoms with Crippen molar-refractivity contribution < 1.29 is 5.11 Å². The van der Waals surface area contributed by atoms with Crippen LogP contribution in [0.15, 0.2) is 22.1 Å². The number of aromatic nitrogens is 3. The highest BCUT2D eigenvalue weighted by Crippen LogP contribution is 2.20. The van der Waals surface area contributed by atoms with E-state index in [1.54, 1.807) is 29.1 Å². The van der Waals surface area contributed by atoms with Gasteiger partial charge >= 0.3 is 0 Å². The van der Waals surface area contributed by atoms with Crippen LogP contribution < -0.4 is 0 Å². The lowest BCUT2D eigenvalue weighted by Crippen LogP contribution is -1.98. The quantitative estimate of drug-likeness (QED) is 0.942. The average molecular weight is 288 g/mol. The molecular formula is C9H10BrN3OS. The van der Waals surface area contributed by atoms with Crippen LogP contribution in [0.5, 0.6) is 0 Å². The van der Waals surface area contributed by atoms with Gasteiger partial charge in [-0.2, -0.15) is 0 Å². The summed E-state index contributed by atoms with van der Waals surface area (Å²) < 4.78 is 2.80. The SMILES string of the molecule is CC(O)c1cn(Cc2cc(Br)cs2)nn1. The standard InChI is InChI=1S/C9H10BrN3OS/c1-6(14)9-4-13(12-11-9)3-8-2-7(10)5-15-8/h2,4-6,14H,3H2,1H3. The molecule has 0 aliphatic rings. The molecule has 80 valence electrons. The zero-order valence-electron chi connectivity index (χ0n) is 8.09. The van der Waals surface area contributed by atoms with Crippen molar-refractivity contribution in [1.29, 1.82) is 0 Å². The van der Waals surface area contributed by atoms with Gasteiger partial charge < -0.3 is 5.11 Å². The molecular weight excluding hydrogens is 278 g/mol. The van der Waals surface area contributed by atoms with Gasteiger partial charge in [-0.3, -0.25) is 0 Å². The Balaban J connectivity index is 2.11. The maximum absolute atomic E-state index is 9.29. The summed E-state index contributed by atoms with van der Waals surface area (Å²) in [5.74, 6) is 0. The van der Waals surface area contributed by atoms with E-state index in [0.29, 0.717) is 12.2 Å². The van der Waals surface area contributed by atoms with Gasteiger partial charge in [0, 0.05) is 14.7 Å². The number of aliphatic hydroxyl groups is 1. The monoisotopic (exact) mass is 287 g/mol. The number of halogens is 1. The van der Waals surface area contributed by atoms with Crippen LogP contribution in [0.2, 0.25) is 0 Å². The third-order valence-corrected chi connectivity index (χ3v) is 3.61. The molecule has 0 amide bonds. The molecule has 0 aliphatic heterocycles. The van der Waals surface area contributed by atoms with Crippen LogP contribution in [0.3, 0.4) is 0 Å². The summed E-state index contributed by atoms with van der Waals surface area (Å²) in [4.78, 5) is 1.20. The largest absolute Gasteiger partial charge is 0.387 e. The molecule has 0 radical (unpaired) electrons. The van der Waals surface area contributed by atoms with Gasteiger partial charge in [0.15, 0.2) is 0 Å². The molecule has 0 aromatic carbocycles. The van der Waals surface area contributed by atoms with E-state index in [-0.39, 0.29) is 0 Å². The van der Waals surface area contributed by atoms with E-state index in [0.717, 1.165) is 4.47 Å². The number of rotatable bonds is 3. The third-order valence-electron chi connectivity index (χ3n) is 1.92. The van der Waals surface area contributed by atoms with E-state index in [2.05, 4.69) is 26.2 Å². The first kappa shape index (κ1) is 10.8. The molecule has 4 nitrogen and oxygen atoms in total. The molecule has 1 unspecified atom stereocenters. The Morgan fingerprint density at radius 2 is 2.47 bits per heavy atom. The fourth-order valence-electron chi connectivity index (χ4n) is 1.18. The van der Waals surface area contributed by atoms with Crippen molar-refractivity contribution >= 4 is 27.3 Å². The Morgan fingerprint density at radius 1 is 1.67 bits per heavy atom. The van der Waals surface area contributed by atoms with Crippen molar-refractivity contribution in [3.05, 3.63) is 32.7 Å². The lowest BCUT2D eigenvalue weighted by atomic mass is 10.3. The molecule has 2 rings (SSSR count). The number of hydrogen-bond acceptors (Lipinski definition) is 4. The molecule has 0 aliphatic carbocycles. The van der Waals surface area contributed by atoms with Gasteiger partial charge in [-0.1, -0.05) is 5.21 Å². The van der Waals surface area contributed by atoms with E-state index >= 15 is 0 Å². The fraction of sp³-hybridized carbons (Fsp3) is 0.333. The summed E-state index contributed by atoms with van der Waals surface area (Å²) in [5, 5.41) is 19.1. The molecule has 2 aromatic heterocycles. The Kier molecular flexibility index (Phi) is 3.18. The van der Waals surface area contributed by atoms with Crippen LogP contribution >= 0.6 is 27.3 Å². The van der Waals surface area contributed by atoms with Gasteiger partial charge in [0.05, 0.1) is 18.8 Å². The Bertz CT molecular complexity index is 452. The van der Waals surface area contributed by atoms with E-state index in [1.807, 2.05) is 11.4 Å². The number of aliphatic hydroxyl groups excluding tert-OH is 1. The summed E-state index contributed by atoms with van der Waals surface area (Å²) >= 11 is 5.06. The normalized spacial score (nSPS) is 13.0. The number of nitrogens with zero attached hydrogens (tertiary/aromatic N) is 3. The first-order valence-corrected chi connectivity index (χ1v) is 6.13. The highest BCUT2D eigenvalue weighted by molar-refractivity contribution is 9.10. The van der Waals surface area contributed by atoms with Gasteiger partial charge in [-0.15, -0.1) is 16.4 Å². The molecule has 0 spiro atoms. The van der Waals surface area contributed by atoms with Crippen LogP contribution in [-0.2, 0) is 6.54 Å². The van der Waals surface area contributed by atoms with Gasteiger partial charge in [0.1, 0.15) is 5.69 Å². The Hall–Kier alpha value is -0.720. The molecule has 2 heterocycles. The maximum Gasteiger partial charge on any atom is 0.111 e. The molecule has 15 heavy (non-hydrogen) atoms. The predicted molar refractivity (Wildman–Crippen MR) is 61.8 cm³/mol. The minimum absolute atomic E-state index is 0.561. The summed E-state index contributed by atoms with van der Waals surface area (Å²) in [7, 11) is 0. The van der Waals surface area contributed by atoms with Crippen LogP contribution in [0.1, 0.15) is 23.6 Å². The van der Waals surface area contributed by atoms with E-state index in [1.165, 1.54) is 4.88 Å². The van der Waals surface area contributed by atoms with Crippen LogP contribution in [-0.4, -0.2) is 20.1 Å². The zero-order chi connectivity index (χ0) is 10.8. The van der Waals surface area contributed by atoms with Crippen molar-refractivity contribution in [2.45, 2.75) is 19.6 Å². The van der Waals surface area contributed by atoms with Crippen LogP contribution in [0.25, 0.3) is 0 Å². The lowest BCUT2D eigenvalue weighted by Gasteiger charge is -1.96. The summed E-state index contributed by atoms with van der Waals surface area (Å²) in [6.07, 6.45) is 1.20. The minimum Gasteiger partial charge on any atom is -0.387 e. The number of thiophene rings is 1. The van der Waals surface area contributed by atoms with Gasteiger partial charge in [-0.05, 0) is 28.9 Å². The molecule has 0 bridgehead atoms. The van der Waals surface area contributed by atoms with E-state index in [9.17, 15) is 5.11 Å². The van der Waals surface area contributed by atoms with Crippen molar-refractivity contribution in [2.24, 2.45) is 0 Å². The molecule has 6 heteroatoms. The smallest absolute Gasteiger partial charge is 0.111 e. The minimum atomic E-state index is -0.561. The second-order valence-electron chi connectivity index (χ2n) is 3.25. The molecule has 2 aromatic rings. The molecule has 0 saturated carbocycles. The average Bonchev–Trinajstić information content (AvgIpc) is 2.76. The summed E-state index contributed by atoms with van der Waals surface area (Å²) in [6, 6.07) is 2.05. The second kappa shape index (κ2) is 4.42. The van der Waals surface area contributed by atoms with Gasteiger partial charge in [-0.25, -0.2) is 4.68 Å². The lowest BCUT2D eigenvalue weighted by molar-refractivity contribution is 0.194. The van der Waals surface area contributed by atoms with Crippen LogP contribution in [0, 0.1) is 0 Å². The van der Waals surface area contributed by atoms with Crippen LogP contribution in [0.4, 0.5) is 0 Å². The topological polar surface area (TPSA) is 50.9 Å². The molecule has 0 saturated heterocycles. The Morgan fingerprint density at radius 3 is 3.00 bits per heavy atom. The Labute approximate surface area is 99.7 Å². The van der Waals surface area contributed by atoms with Crippen molar-refractivity contribution in [2.75, 3.05) is 0 Å². The predicted octanol–water partition coefficient (Wildman–Crippen LogP) is 2.20. The maximum atomic E-state index is 9.29.